The number of likely N-dealkylation sites (tertiary alicyclic amines) is 2. The molecule has 2 atom stereocenters. The van der Waals surface area contributed by atoms with Gasteiger partial charge in [-0.3, -0.25) is 19.3 Å². The van der Waals surface area contributed by atoms with E-state index < -0.39 is 5.97 Å². The van der Waals surface area contributed by atoms with Crippen LogP contribution in [0.3, 0.4) is 0 Å². The maximum Gasteiger partial charge on any atom is 0.410 e. The summed E-state index contributed by atoms with van der Waals surface area (Å²) in [6, 6.07) is 19.3. The van der Waals surface area contributed by atoms with Crippen molar-refractivity contribution in [2.24, 2.45) is 0 Å². The van der Waals surface area contributed by atoms with Crippen LogP contribution in [-0.2, 0) is 53.0 Å². The van der Waals surface area contributed by atoms with E-state index in [1.54, 1.807) is 30.6 Å². The lowest BCUT2D eigenvalue weighted by molar-refractivity contribution is -0.145. The number of Topliss-reactive ketones (excluding diaryl/α,β-unsaturated/α-hetero) is 1. The molecular weight excluding hydrogens is 838 g/mol. The van der Waals surface area contributed by atoms with Gasteiger partial charge < -0.3 is 29.0 Å². The number of ether oxygens (including phenoxy) is 4. The maximum absolute atomic E-state index is 12.5. The number of rotatable bonds is 13. The average Bonchev–Trinajstić information content (AvgIpc) is 4.00. The minimum Gasteiger partial charge on any atom is -0.466 e. The van der Waals surface area contributed by atoms with E-state index in [0.29, 0.717) is 32.1 Å². The largest absolute Gasteiger partial charge is 0.466 e. The monoisotopic (exact) mass is 891 g/mol. The van der Waals surface area contributed by atoms with Crippen LogP contribution in [0.4, 0.5) is 9.59 Å². The van der Waals surface area contributed by atoms with Gasteiger partial charge in [-0.15, -0.1) is 11.3 Å². The number of aliphatic hydroxyl groups is 1. The fourth-order valence-electron chi connectivity index (χ4n) is 5.59. The van der Waals surface area contributed by atoms with Crippen molar-refractivity contribution >= 4 is 74.3 Å². The van der Waals surface area contributed by atoms with E-state index in [0.717, 1.165) is 53.2 Å². The fourth-order valence-corrected chi connectivity index (χ4v) is 7.00. The molecule has 1 aromatic heterocycles. The highest BCUT2D eigenvalue weighted by Crippen LogP contribution is 2.34. The van der Waals surface area contributed by atoms with Gasteiger partial charge in [-0.05, 0) is 64.5 Å². The molecule has 3 aromatic rings. The van der Waals surface area contributed by atoms with Gasteiger partial charge in [0.2, 0.25) is 0 Å². The zero-order valence-corrected chi connectivity index (χ0v) is 36.3. The molecule has 2 aliphatic heterocycles. The number of thiazole rings is 1. The molecule has 2 saturated heterocycles. The summed E-state index contributed by atoms with van der Waals surface area (Å²) in [6.07, 6.45) is 3.18. The number of esters is 2. The van der Waals surface area contributed by atoms with Gasteiger partial charge in [-0.1, -0.05) is 88.8 Å². The number of aliphatic hydroxyl groups excluding tert-OH is 1. The second-order valence-electron chi connectivity index (χ2n) is 12.5. The number of alkyl halides is 1. The van der Waals surface area contributed by atoms with Crippen molar-refractivity contribution in [1.29, 1.82) is 0 Å². The van der Waals surface area contributed by atoms with Gasteiger partial charge in [-0.25, -0.2) is 14.6 Å². The molecule has 0 bridgehead atoms. The van der Waals surface area contributed by atoms with Crippen molar-refractivity contribution in [2.45, 2.75) is 91.5 Å². The van der Waals surface area contributed by atoms with E-state index in [1.165, 1.54) is 11.3 Å². The van der Waals surface area contributed by atoms with Gasteiger partial charge in [-0.2, -0.15) is 0 Å². The molecule has 0 unspecified atom stereocenters. The molecule has 2 amide bonds. The Morgan fingerprint density at radius 2 is 1.32 bits per heavy atom. The first-order valence-corrected chi connectivity index (χ1v) is 21.3. The number of nitrogens with zero attached hydrogens (tertiary/aromatic N) is 3. The number of amides is 2. The molecule has 0 spiro atoms. The minimum atomic E-state index is -0.452. The Morgan fingerprint density at radius 1 is 0.807 bits per heavy atom. The van der Waals surface area contributed by atoms with Crippen LogP contribution in [0.1, 0.15) is 87.7 Å². The van der Waals surface area contributed by atoms with E-state index >= 15 is 0 Å². The van der Waals surface area contributed by atoms with Crippen LogP contribution in [0.25, 0.3) is 0 Å². The van der Waals surface area contributed by atoms with Crippen LogP contribution < -0.4 is 0 Å². The Bertz CT molecular complexity index is 1680. The Labute approximate surface area is 353 Å². The predicted octanol–water partition coefficient (Wildman–Crippen LogP) is 7.80. The Hall–Kier alpha value is -4.25. The third-order valence-electron chi connectivity index (χ3n) is 8.14. The van der Waals surface area contributed by atoms with Crippen LogP contribution in [-0.4, -0.2) is 98.9 Å². The standard InChI is InChI=1S/C19H22N2O4S.C14H17NO2S.C6H9BrO3.C2H6O/c1-2-24-17(22)11-15-13-26-18(20-15)16-9-6-10-21(16)19(23)25-12-14-7-4-3-5-8-14;1-11(18)13-8-5-9-15(13)14(16)17-10-12-6-3-2-4-7-12;1-2-10-6(9)3-5(8)4-7;1-2-3/h3-5,7-8,13,16H,2,6,9-12H2,1H3;2-4,6-7,13H,5,8-10H2,1H3;2-4H2,1H3;3H,2H2,1H3/t16-;13-;;/m00../s1. The number of aromatic nitrogens is 1. The molecule has 2 aromatic carbocycles. The van der Waals surface area contributed by atoms with E-state index in [4.69, 9.17) is 31.5 Å². The van der Waals surface area contributed by atoms with Gasteiger partial charge in [0.15, 0.2) is 5.78 Å². The quantitative estimate of drug-likeness (QED) is 0.0584. The first-order chi connectivity index (χ1) is 27.5. The van der Waals surface area contributed by atoms with Gasteiger partial charge in [0.05, 0.1) is 42.7 Å². The van der Waals surface area contributed by atoms with Crippen LogP contribution >= 0.6 is 39.5 Å². The highest BCUT2D eigenvalue weighted by molar-refractivity contribution is 9.09. The number of thiocarbonyl (C=S) groups is 1. The van der Waals surface area contributed by atoms with E-state index in [1.807, 2.05) is 73.0 Å². The lowest BCUT2D eigenvalue weighted by Gasteiger charge is -2.23. The molecule has 5 rings (SSSR count). The zero-order valence-electron chi connectivity index (χ0n) is 33.1. The van der Waals surface area contributed by atoms with Crippen LogP contribution in [0, 0.1) is 0 Å². The number of benzene rings is 2. The van der Waals surface area contributed by atoms with Gasteiger partial charge >= 0.3 is 24.1 Å². The zero-order chi connectivity index (χ0) is 42.0. The highest BCUT2D eigenvalue weighted by atomic mass is 79.9. The Kier molecular flexibility index (Phi) is 24.2. The summed E-state index contributed by atoms with van der Waals surface area (Å²) in [5.41, 5.74) is 2.65. The molecule has 13 nitrogen and oxygen atoms in total. The summed E-state index contributed by atoms with van der Waals surface area (Å²) in [5.74, 6) is -0.889. The van der Waals surface area contributed by atoms with Crippen molar-refractivity contribution in [1.82, 2.24) is 14.8 Å². The molecule has 57 heavy (non-hydrogen) atoms. The molecule has 0 radical (unpaired) electrons. The van der Waals surface area contributed by atoms with Crippen LogP contribution in [0.2, 0.25) is 0 Å². The lowest BCUT2D eigenvalue weighted by Crippen LogP contribution is -2.39. The van der Waals surface area contributed by atoms with Crippen molar-refractivity contribution in [2.75, 3.05) is 38.2 Å². The number of hydrogen-bond acceptors (Lipinski definition) is 13. The predicted molar refractivity (Wildman–Crippen MR) is 225 cm³/mol. The van der Waals surface area contributed by atoms with E-state index in [2.05, 4.69) is 25.7 Å². The number of carbonyl (C=O) groups excluding carboxylic acids is 5. The minimum absolute atomic E-state index is 0.0725. The molecule has 312 valence electrons. The molecule has 1 N–H and O–H groups in total. The van der Waals surface area contributed by atoms with Crippen LogP contribution in [0.5, 0.6) is 0 Å². The van der Waals surface area contributed by atoms with Gasteiger partial charge in [0.1, 0.15) is 24.6 Å². The second-order valence-corrected chi connectivity index (χ2v) is 14.6. The summed E-state index contributed by atoms with van der Waals surface area (Å²) in [7, 11) is 0. The molecule has 0 aliphatic carbocycles. The average molecular weight is 893 g/mol. The first kappa shape index (κ1) is 48.9. The van der Waals surface area contributed by atoms with E-state index in [9.17, 15) is 24.0 Å². The third-order valence-corrected chi connectivity index (χ3v) is 10.0. The molecule has 0 saturated carbocycles. The number of carbonyl (C=O) groups is 5. The molecule has 3 heterocycles. The normalized spacial score (nSPS) is 15.3. The van der Waals surface area contributed by atoms with Gasteiger partial charge in [0, 0.05) is 29.9 Å². The van der Waals surface area contributed by atoms with Crippen molar-refractivity contribution < 1.29 is 48.0 Å². The van der Waals surface area contributed by atoms with E-state index in [-0.39, 0.29) is 67.4 Å². The fraction of sp³-hybridized carbons (Fsp3) is 0.488. The molecule has 2 aliphatic rings. The van der Waals surface area contributed by atoms with Crippen molar-refractivity contribution in [3.63, 3.8) is 0 Å². The van der Waals surface area contributed by atoms with Crippen LogP contribution in [0.15, 0.2) is 66.0 Å². The Morgan fingerprint density at radius 3 is 1.84 bits per heavy atom. The summed E-state index contributed by atoms with van der Waals surface area (Å²) in [5, 5.41) is 10.5. The molecular formula is C41H54BrN3O10S2. The van der Waals surface area contributed by atoms with Gasteiger partial charge in [0.25, 0.3) is 0 Å². The molecule has 2 fully saturated rings. The number of ketones is 1. The summed E-state index contributed by atoms with van der Waals surface area (Å²) in [4.78, 5) is 66.0. The maximum atomic E-state index is 12.5. The SMILES string of the molecule is CC(=S)[C@@H]1CCCN1C(=O)OCc1ccccc1.CCO.CCOC(=O)CC(=O)CBr.CCOC(=O)Cc1csc([C@@H]2CCCN2C(=O)OCc2ccccc2)n1. The second kappa shape index (κ2) is 28.2. The first-order valence-electron chi connectivity index (χ1n) is 18.9. The lowest BCUT2D eigenvalue weighted by atomic mass is 10.2. The number of halogens is 1. The summed E-state index contributed by atoms with van der Waals surface area (Å²) >= 11 is 9.59. The molecule has 16 heteroatoms. The number of hydrogen-bond donors (Lipinski definition) is 1. The van der Waals surface area contributed by atoms with Crippen molar-refractivity contribution in [3.05, 3.63) is 87.9 Å². The third kappa shape index (κ3) is 18.7. The Balaban J connectivity index is 0.000000313. The highest BCUT2D eigenvalue weighted by Gasteiger charge is 2.33. The summed E-state index contributed by atoms with van der Waals surface area (Å²) in [6.45, 7) is 9.97. The smallest absolute Gasteiger partial charge is 0.410 e. The van der Waals surface area contributed by atoms with Crippen molar-refractivity contribution in [3.8, 4) is 0 Å². The summed E-state index contributed by atoms with van der Waals surface area (Å²) < 4.78 is 20.3. The topological polar surface area (TPSA) is 162 Å².